The number of aliphatic hydroxyl groups excluding tert-OH is 1. The topological polar surface area (TPSA) is 179 Å². The molecule has 0 radical (unpaired) electrons. The molecule has 0 aromatic heterocycles. The number of Topliss-reactive ketones (excluding diaryl/α,β-unsaturated/α-hetero) is 2. The number of aromatic hydroxyl groups is 1. The number of phenols is 1. The van der Waals surface area contributed by atoms with Gasteiger partial charge in [0.15, 0.2) is 11.6 Å². The zero-order valence-electron chi connectivity index (χ0n) is 22.3. The first-order valence-corrected chi connectivity index (χ1v) is 12.7. The Bertz CT molecular complexity index is 931. The van der Waals surface area contributed by atoms with Gasteiger partial charge in [-0.15, -0.1) is 0 Å². The third kappa shape index (κ3) is 13.3. The molecule has 0 aliphatic heterocycles. The van der Waals surface area contributed by atoms with Crippen LogP contribution in [0.2, 0.25) is 0 Å². The lowest BCUT2D eigenvalue weighted by Crippen LogP contribution is -2.47. The van der Waals surface area contributed by atoms with Crippen molar-refractivity contribution in [1.82, 2.24) is 10.6 Å². The number of hydrogen-bond donors (Lipinski definition) is 5. The van der Waals surface area contributed by atoms with E-state index in [1.54, 1.807) is 12.1 Å². The molecule has 0 fully saturated rings. The Hall–Kier alpha value is -3.31. The fraction of sp³-hybridized carbons (Fsp3) is 0.593. The predicted octanol–water partition coefficient (Wildman–Crippen LogP) is 1.38. The van der Waals surface area contributed by atoms with Crippen LogP contribution in [0.25, 0.3) is 0 Å². The van der Waals surface area contributed by atoms with Gasteiger partial charge in [0, 0.05) is 32.3 Å². The largest absolute Gasteiger partial charge is 0.508 e. The Morgan fingerprint density at radius 3 is 2.13 bits per heavy atom. The minimum Gasteiger partial charge on any atom is -0.508 e. The number of carboxylic acids is 1. The SMILES string of the molecule is CC(=O)N[C@@H](Cc1ccc(O)cc1)C(=O)C[C@H](CC(C)C)C(=O)N[C@@H](CC(=O)O)C(=O)CCCOCCO. The van der Waals surface area contributed by atoms with Crippen LogP contribution in [0.5, 0.6) is 5.75 Å². The number of amides is 2. The maximum absolute atomic E-state index is 13.2. The standard InChI is InChI=1S/C27H40N2O9/c1-17(2)13-20(15-25(34)22(28-18(3)31)14-19-6-8-21(32)9-7-19)27(37)29-23(16-26(35)36)24(33)5-4-11-38-12-10-30/h6-9,17,20,22-23,30,32H,4-5,10-16H2,1-3H3,(H,28,31)(H,29,37)(H,35,36)/t20-,22-,23-/m0/s1. The minimum atomic E-state index is -1.26. The summed E-state index contributed by atoms with van der Waals surface area (Å²) < 4.78 is 5.11. The molecule has 3 atom stereocenters. The zero-order chi connectivity index (χ0) is 28.7. The Morgan fingerprint density at radius 1 is 0.921 bits per heavy atom. The maximum atomic E-state index is 13.2. The molecule has 0 bridgehead atoms. The molecule has 0 heterocycles. The molecule has 1 aromatic carbocycles. The number of hydrogen-bond acceptors (Lipinski definition) is 8. The molecule has 11 nitrogen and oxygen atoms in total. The third-order valence-electron chi connectivity index (χ3n) is 5.75. The lowest BCUT2D eigenvalue weighted by Gasteiger charge is -2.24. The Kier molecular flexibility index (Phi) is 14.8. The van der Waals surface area contributed by atoms with Crippen molar-refractivity contribution in [2.24, 2.45) is 11.8 Å². The van der Waals surface area contributed by atoms with Gasteiger partial charge in [0.25, 0.3) is 0 Å². The quantitative estimate of drug-likeness (QED) is 0.163. The number of carbonyl (C=O) groups is 5. The summed E-state index contributed by atoms with van der Waals surface area (Å²) in [5.41, 5.74) is 0.704. The van der Waals surface area contributed by atoms with E-state index in [0.29, 0.717) is 18.4 Å². The molecule has 38 heavy (non-hydrogen) atoms. The molecule has 0 unspecified atom stereocenters. The summed E-state index contributed by atoms with van der Waals surface area (Å²) in [6.45, 7) is 5.21. The van der Waals surface area contributed by atoms with Crippen molar-refractivity contribution in [3.8, 4) is 5.75 Å². The molecule has 212 valence electrons. The van der Waals surface area contributed by atoms with E-state index >= 15 is 0 Å². The summed E-state index contributed by atoms with van der Waals surface area (Å²) in [5.74, 6) is -3.87. The van der Waals surface area contributed by atoms with Crippen LogP contribution in [0.4, 0.5) is 0 Å². The molecule has 1 aromatic rings. The molecule has 0 aliphatic carbocycles. The van der Waals surface area contributed by atoms with Crippen molar-refractivity contribution >= 4 is 29.4 Å². The van der Waals surface area contributed by atoms with Gasteiger partial charge in [-0.2, -0.15) is 0 Å². The highest BCUT2D eigenvalue weighted by Gasteiger charge is 2.31. The molecule has 0 spiro atoms. The minimum absolute atomic E-state index is 0.0192. The summed E-state index contributed by atoms with van der Waals surface area (Å²) in [4.78, 5) is 62.2. The average Bonchev–Trinajstić information content (AvgIpc) is 2.83. The number of nitrogens with one attached hydrogen (secondary N) is 2. The molecule has 0 saturated carbocycles. The van der Waals surface area contributed by atoms with Crippen LogP contribution in [0.3, 0.4) is 0 Å². The Morgan fingerprint density at radius 2 is 1.58 bits per heavy atom. The van der Waals surface area contributed by atoms with Gasteiger partial charge in [-0.05, 0) is 42.9 Å². The van der Waals surface area contributed by atoms with Crippen LogP contribution in [-0.4, -0.2) is 76.6 Å². The van der Waals surface area contributed by atoms with Gasteiger partial charge in [0.2, 0.25) is 11.8 Å². The smallest absolute Gasteiger partial charge is 0.305 e. The number of rotatable bonds is 19. The van der Waals surface area contributed by atoms with Crippen LogP contribution in [0, 0.1) is 11.8 Å². The van der Waals surface area contributed by atoms with E-state index in [9.17, 15) is 34.2 Å². The fourth-order valence-corrected chi connectivity index (χ4v) is 3.99. The molecule has 0 saturated heterocycles. The first kappa shape index (κ1) is 32.7. The highest BCUT2D eigenvalue weighted by Crippen LogP contribution is 2.20. The second-order valence-electron chi connectivity index (χ2n) is 9.69. The predicted molar refractivity (Wildman–Crippen MR) is 138 cm³/mol. The zero-order valence-corrected chi connectivity index (χ0v) is 22.3. The van der Waals surface area contributed by atoms with Crippen molar-refractivity contribution < 1.29 is 44.0 Å². The van der Waals surface area contributed by atoms with E-state index in [1.165, 1.54) is 19.1 Å². The van der Waals surface area contributed by atoms with Crippen molar-refractivity contribution in [3.05, 3.63) is 29.8 Å². The number of ether oxygens (including phenoxy) is 1. The maximum Gasteiger partial charge on any atom is 0.305 e. The lowest BCUT2D eigenvalue weighted by molar-refractivity contribution is -0.141. The van der Waals surface area contributed by atoms with E-state index in [1.807, 2.05) is 13.8 Å². The summed E-state index contributed by atoms with van der Waals surface area (Å²) in [6, 6.07) is 4.04. The molecular formula is C27H40N2O9. The summed E-state index contributed by atoms with van der Waals surface area (Å²) >= 11 is 0. The van der Waals surface area contributed by atoms with E-state index in [0.717, 1.165) is 0 Å². The van der Waals surface area contributed by atoms with Crippen molar-refractivity contribution in [1.29, 1.82) is 0 Å². The van der Waals surface area contributed by atoms with Gasteiger partial charge in [0.05, 0.1) is 31.7 Å². The van der Waals surface area contributed by atoms with Crippen LogP contribution in [0.15, 0.2) is 24.3 Å². The molecule has 5 N–H and O–H groups in total. The van der Waals surface area contributed by atoms with Crippen molar-refractivity contribution in [2.45, 2.75) is 71.4 Å². The average molecular weight is 537 g/mol. The molecule has 2 amide bonds. The van der Waals surface area contributed by atoms with Gasteiger partial charge in [-0.3, -0.25) is 24.0 Å². The first-order chi connectivity index (χ1) is 17.9. The van der Waals surface area contributed by atoms with E-state index in [2.05, 4.69) is 10.6 Å². The van der Waals surface area contributed by atoms with Gasteiger partial charge in [0.1, 0.15) is 5.75 Å². The van der Waals surface area contributed by atoms with Crippen LogP contribution in [-0.2, 0) is 35.1 Å². The monoisotopic (exact) mass is 536 g/mol. The molecule has 1 rings (SSSR count). The summed E-state index contributed by atoms with van der Waals surface area (Å²) in [5, 5.41) is 32.7. The van der Waals surface area contributed by atoms with Crippen molar-refractivity contribution in [3.63, 3.8) is 0 Å². The second kappa shape index (κ2) is 17.2. The summed E-state index contributed by atoms with van der Waals surface area (Å²) in [6.07, 6.45) is -0.0569. The number of aliphatic carboxylic acids is 1. The van der Waals surface area contributed by atoms with Crippen LogP contribution < -0.4 is 10.6 Å². The van der Waals surface area contributed by atoms with E-state index in [-0.39, 0.29) is 56.5 Å². The molecule has 11 heteroatoms. The number of aliphatic hydroxyl groups is 1. The lowest BCUT2D eigenvalue weighted by atomic mass is 9.88. The normalized spacial score (nSPS) is 13.4. The van der Waals surface area contributed by atoms with Crippen LogP contribution >= 0.6 is 0 Å². The van der Waals surface area contributed by atoms with E-state index < -0.39 is 48.0 Å². The number of carboxylic acid groups (broad SMARTS) is 1. The first-order valence-electron chi connectivity index (χ1n) is 12.7. The molecule has 0 aliphatic rings. The number of carbonyl (C=O) groups excluding carboxylic acids is 4. The second-order valence-corrected chi connectivity index (χ2v) is 9.69. The fourth-order valence-electron chi connectivity index (χ4n) is 3.99. The number of benzene rings is 1. The number of phenolic OH excluding ortho intramolecular Hbond substituents is 1. The highest BCUT2D eigenvalue weighted by atomic mass is 16.5. The summed E-state index contributed by atoms with van der Waals surface area (Å²) in [7, 11) is 0. The Balaban J connectivity index is 2.97. The third-order valence-corrected chi connectivity index (χ3v) is 5.75. The number of ketones is 2. The van der Waals surface area contributed by atoms with Gasteiger partial charge >= 0.3 is 5.97 Å². The van der Waals surface area contributed by atoms with Crippen molar-refractivity contribution in [2.75, 3.05) is 19.8 Å². The van der Waals surface area contributed by atoms with Gasteiger partial charge < -0.3 is 30.7 Å². The Labute approximate surface area is 222 Å². The van der Waals surface area contributed by atoms with Gasteiger partial charge in [-0.1, -0.05) is 26.0 Å². The van der Waals surface area contributed by atoms with E-state index in [4.69, 9.17) is 9.84 Å². The molecular weight excluding hydrogens is 496 g/mol. The van der Waals surface area contributed by atoms with Crippen LogP contribution in [0.1, 0.15) is 58.4 Å². The highest BCUT2D eigenvalue weighted by molar-refractivity contribution is 5.95. The van der Waals surface area contributed by atoms with Gasteiger partial charge in [-0.25, -0.2) is 0 Å².